The highest BCUT2D eigenvalue weighted by atomic mass is 15.2. The fraction of sp³-hybridized carbons (Fsp3) is 0.643. The van der Waals surface area contributed by atoms with Gasteiger partial charge < -0.3 is 0 Å². The molecule has 3 N–H and O–H groups in total. The van der Waals surface area contributed by atoms with E-state index in [9.17, 15) is 0 Å². The third-order valence-corrected chi connectivity index (χ3v) is 3.53. The van der Waals surface area contributed by atoms with Crippen molar-refractivity contribution in [2.24, 2.45) is 11.3 Å². The molecular formula is C14H23N3. The van der Waals surface area contributed by atoms with Crippen LogP contribution in [0.4, 0.5) is 0 Å². The Balaban J connectivity index is 2.17. The van der Waals surface area contributed by atoms with Crippen molar-refractivity contribution >= 4 is 0 Å². The summed E-state index contributed by atoms with van der Waals surface area (Å²) in [5.41, 5.74) is 5.93. The topological polar surface area (TPSA) is 50.9 Å². The number of nitrogens with zero attached hydrogens (tertiary/aromatic N) is 1. The number of hydrazine groups is 1. The van der Waals surface area contributed by atoms with Crippen LogP contribution in [0.3, 0.4) is 0 Å². The van der Waals surface area contributed by atoms with Crippen LogP contribution in [0.2, 0.25) is 0 Å². The molecule has 3 heteroatoms. The summed E-state index contributed by atoms with van der Waals surface area (Å²) in [4.78, 5) is 4.54. The third kappa shape index (κ3) is 2.85. The first-order chi connectivity index (χ1) is 8.01. The summed E-state index contributed by atoms with van der Waals surface area (Å²) >= 11 is 0. The fourth-order valence-corrected chi connectivity index (χ4v) is 2.81. The lowest BCUT2D eigenvalue weighted by molar-refractivity contribution is 0.279. The van der Waals surface area contributed by atoms with E-state index in [-0.39, 0.29) is 5.41 Å². The number of hydrogen-bond donors (Lipinski definition) is 2. The largest absolute Gasteiger partial charge is 0.271 e. The van der Waals surface area contributed by atoms with Crippen LogP contribution in [-0.2, 0) is 6.42 Å². The standard InChI is InChI=1S/C14H23N3/c1-14(2,3)9-12(17-15)11-7-6-10-5-4-8-16-13(10)11/h4-5,8,11-12,17H,6-7,9,15H2,1-3H3. The molecule has 1 aromatic rings. The minimum Gasteiger partial charge on any atom is -0.271 e. The summed E-state index contributed by atoms with van der Waals surface area (Å²) in [5, 5.41) is 0. The van der Waals surface area contributed by atoms with Crippen LogP contribution in [0, 0.1) is 5.41 Å². The molecule has 0 spiro atoms. The number of aromatic nitrogens is 1. The van der Waals surface area contributed by atoms with E-state index in [4.69, 9.17) is 5.84 Å². The van der Waals surface area contributed by atoms with Gasteiger partial charge in [-0.15, -0.1) is 0 Å². The predicted molar refractivity (Wildman–Crippen MR) is 70.5 cm³/mol. The SMILES string of the molecule is CC(C)(C)CC(NN)C1CCc2cccnc21. The summed E-state index contributed by atoms with van der Waals surface area (Å²) in [6.45, 7) is 6.77. The average molecular weight is 233 g/mol. The van der Waals surface area contributed by atoms with Crippen molar-refractivity contribution < 1.29 is 0 Å². The van der Waals surface area contributed by atoms with Gasteiger partial charge in [0.05, 0.1) is 0 Å². The number of nitrogens with two attached hydrogens (primary N) is 1. The molecule has 1 aromatic heterocycles. The van der Waals surface area contributed by atoms with Gasteiger partial charge in [0.25, 0.3) is 0 Å². The minimum atomic E-state index is 0.286. The zero-order valence-corrected chi connectivity index (χ0v) is 11.0. The molecule has 1 aliphatic carbocycles. The molecule has 2 rings (SSSR count). The molecule has 2 atom stereocenters. The minimum absolute atomic E-state index is 0.286. The molecule has 0 fully saturated rings. The van der Waals surface area contributed by atoms with Crippen molar-refractivity contribution in [3.8, 4) is 0 Å². The van der Waals surface area contributed by atoms with Crippen molar-refractivity contribution in [1.29, 1.82) is 0 Å². The first-order valence-electron chi connectivity index (χ1n) is 6.41. The molecule has 0 saturated heterocycles. The number of fused-ring (bicyclic) bond motifs is 1. The van der Waals surface area contributed by atoms with Gasteiger partial charge >= 0.3 is 0 Å². The Morgan fingerprint density at radius 1 is 1.53 bits per heavy atom. The van der Waals surface area contributed by atoms with Crippen molar-refractivity contribution in [1.82, 2.24) is 10.4 Å². The second-order valence-electron chi connectivity index (χ2n) is 6.23. The quantitative estimate of drug-likeness (QED) is 0.622. The molecule has 0 aliphatic heterocycles. The first-order valence-corrected chi connectivity index (χ1v) is 6.41. The molecular weight excluding hydrogens is 210 g/mol. The van der Waals surface area contributed by atoms with E-state index in [0.717, 1.165) is 19.3 Å². The molecule has 94 valence electrons. The van der Waals surface area contributed by atoms with Crippen LogP contribution in [0.15, 0.2) is 18.3 Å². The van der Waals surface area contributed by atoms with Gasteiger partial charge in [0.2, 0.25) is 0 Å². The lowest BCUT2D eigenvalue weighted by Gasteiger charge is -2.29. The Kier molecular flexibility index (Phi) is 3.50. The van der Waals surface area contributed by atoms with Crippen LogP contribution in [0.5, 0.6) is 0 Å². The average Bonchev–Trinajstić information content (AvgIpc) is 2.68. The zero-order valence-electron chi connectivity index (χ0n) is 11.0. The number of pyridine rings is 1. The van der Waals surface area contributed by atoms with E-state index in [1.807, 2.05) is 12.3 Å². The molecule has 1 aliphatic rings. The highest BCUT2D eigenvalue weighted by Crippen LogP contribution is 2.37. The number of rotatable bonds is 3. The predicted octanol–water partition coefficient (Wildman–Crippen LogP) is 2.38. The van der Waals surface area contributed by atoms with Gasteiger partial charge in [0.1, 0.15) is 0 Å². The monoisotopic (exact) mass is 233 g/mol. The van der Waals surface area contributed by atoms with Gasteiger partial charge in [0, 0.05) is 23.9 Å². The van der Waals surface area contributed by atoms with E-state index in [2.05, 4.69) is 37.2 Å². The second kappa shape index (κ2) is 4.75. The normalized spacial score (nSPS) is 21.3. The van der Waals surface area contributed by atoms with Gasteiger partial charge in [-0.05, 0) is 36.3 Å². The van der Waals surface area contributed by atoms with Gasteiger partial charge in [-0.2, -0.15) is 0 Å². The number of nitrogens with one attached hydrogen (secondary N) is 1. The molecule has 0 radical (unpaired) electrons. The van der Waals surface area contributed by atoms with Gasteiger partial charge in [-0.25, -0.2) is 0 Å². The van der Waals surface area contributed by atoms with Crippen LogP contribution < -0.4 is 11.3 Å². The van der Waals surface area contributed by atoms with Crippen LogP contribution in [0.25, 0.3) is 0 Å². The number of hydrogen-bond acceptors (Lipinski definition) is 3. The fourth-order valence-electron chi connectivity index (χ4n) is 2.81. The summed E-state index contributed by atoms with van der Waals surface area (Å²) in [6.07, 6.45) is 5.26. The molecule has 2 unspecified atom stereocenters. The molecule has 1 heterocycles. The Morgan fingerprint density at radius 3 is 2.94 bits per heavy atom. The lowest BCUT2D eigenvalue weighted by atomic mass is 9.82. The molecule has 0 saturated carbocycles. The van der Waals surface area contributed by atoms with E-state index in [1.165, 1.54) is 11.3 Å². The Bertz CT molecular complexity index is 381. The number of aryl methyl sites for hydroxylation is 1. The maximum absolute atomic E-state index is 5.74. The van der Waals surface area contributed by atoms with Crippen LogP contribution in [0.1, 0.15) is 50.8 Å². The summed E-state index contributed by atoms with van der Waals surface area (Å²) in [7, 11) is 0. The molecule has 0 aromatic carbocycles. The van der Waals surface area contributed by atoms with E-state index in [0.29, 0.717) is 12.0 Å². The molecule has 3 nitrogen and oxygen atoms in total. The smallest absolute Gasteiger partial charge is 0.0482 e. The maximum atomic E-state index is 5.74. The molecule has 17 heavy (non-hydrogen) atoms. The second-order valence-corrected chi connectivity index (χ2v) is 6.23. The summed E-state index contributed by atoms with van der Waals surface area (Å²) in [5.74, 6) is 6.21. The molecule has 0 bridgehead atoms. The maximum Gasteiger partial charge on any atom is 0.0482 e. The summed E-state index contributed by atoms with van der Waals surface area (Å²) in [6, 6.07) is 4.54. The van der Waals surface area contributed by atoms with E-state index < -0.39 is 0 Å². The van der Waals surface area contributed by atoms with Gasteiger partial charge in [-0.3, -0.25) is 16.3 Å². The zero-order chi connectivity index (χ0) is 12.5. The van der Waals surface area contributed by atoms with Crippen LogP contribution >= 0.6 is 0 Å². The highest BCUT2D eigenvalue weighted by molar-refractivity contribution is 5.30. The van der Waals surface area contributed by atoms with Gasteiger partial charge in [-0.1, -0.05) is 26.8 Å². The van der Waals surface area contributed by atoms with E-state index in [1.54, 1.807) is 0 Å². The van der Waals surface area contributed by atoms with Crippen LogP contribution in [-0.4, -0.2) is 11.0 Å². The summed E-state index contributed by atoms with van der Waals surface area (Å²) < 4.78 is 0. The van der Waals surface area contributed by atoms with Crippen molar-refractivity contribution in [3.05, 3.63) is 29.6 Å². The van der Waals surface area contributed by atoms with Crippen molar-refractivity contribution in [3.63, 3.8) is 0 Å². The highest BCUT2D eigenvalue weighted by Gasteiger charge is 2.32. The van der Waals surface area contributed by atoms with Gasteiger partial charge in [0.15, 0.2) is 0 Å². The van der Waals surface area contributed by atoms with Crippen molar-refractivity contribution in [2.75, 3.05) is 0 Å². The van der Waals surface area contributed by atoms with E-state index >= 15 is 0 Å². The molecule has 0 amide bonds. The Hall–Kier alpha value is -0.930. The van der Waals surface area contributed by atoms with Crippen molar-refractivity contribution in [2.45, 2.75) is 52.0 Å². The Labute approximate surface area is 104 Å². The first kappa shape index (κ1) is 12.5. The Morgan fingerprint density at radius 2 is 2.29 bits per heavy atom. The lowest BCUT2D eigenvalue weighted by Crippen LogP contribution is -2.41. The third-order valence-electron chi connectivity index (χ3n) is 3.53.